The minimum atomic E-state index is -0.646. The van der Waals surface area contributed by atoms with Gasteiger partial charge in [-0.25, -0.2) is 14.3 Å². The van der Waals surface area contributed by atoms with E-state index in [1.54, 1.807) is 36.4 Å². The average molecular weight is 495 g/mol. The lowest BCUT2D eigenvalue weighted by Crippen LogP contribution is -2.40. The molecular formula is C24H22N4O4S2. The fourth-order valence-corrected chi connectivity index (χ4v) is 5.01. The fourth-order valence-electron chi connectivity index (χ4n) is 3.51. The Kier molecular flexibility index (Phi) is 6.80. The summed E-state index contributed by atoms with van der Waals surface area (Å²) in [4.78, 5) is 55.6. The number of aryl methyl sites for hydroxylation is 1. The maximum atomic E-state index is 13.4. The topological polar surface area (TPSA) is 103 Å². The second kappa shape index (κ2) is 9.78. The number of hydrogen-bond donors (Lipinski definition) is 1. The number of carbonyl (C=O) groups is 2. The molecule has 0 unspecified atom stereocenters. The quantitative estimate of drug-likeness (QED) is 0.310. The first-order chi connectivity index (χ1) is 16.3. The van der Waals surface area contributed by atoms with E-state index in [9.17, 15) is 19.2 Å². The number of nitrogens with one attached hydrogen (secondary N) is 1. The van der Waals surface area contributed by atoms with Crippen molar-refractivity contribution in [2.24, 2.45) is 0 Å². The second-order valence-corrected chi connectivity index (χ2v) is 9.60. The van der Waals surface area contributed by atoms with Crippen LogP contribution in [-0.4, -0.2) is 32.1 Å². The minimum absolute atomic E-state index is 0.123. The van der Waals surface area contributed by atoms with Crippen LogP contribution >= 0.6 is 23.1 Å². The summed E-state index contributed by atoms with van der Waals surface area (Å²) in [5.74, 6) is -0.600. The number of ketones is 1. The Morgan fingerprint density at radius 3 is 2.50 bits per heavy atom. The largest absolute Gasteiger partial charge is 0.337 e. The third-order valence-electron chi connectivity index (χ3n) is 5.30. The molecule has 0 aliphatic carbocycles. The van der Waals surface area contributed by atoms with Gasteiger partial charge in [0.05, 0.1) is 5.69 Å². The Hall–Kier alpha value is -3.50. The van der Waals surface area contributed by atoms with Gasteiger partial charge in [0.25, 0.3) is 5.56 Å². The molecule has 0 atom stereocenters. The van der Waals surface area contributed by atoms with Crippen molar-refractivity contribution in [1.82, 2.24) is 14.1 Å². The number of benzene rings is 2. The van der Waals surface area contributed by atoms with Crippen molar-refractivity contribution in [2.75, 3.05) is 11.6 Å². The van der Waals surface area contributed by atoms with Gasteiger partial charge in [0.2, 0.25) is 5.91 Å². The lowest BCUT2D eigenvalue weighted by Gasteiger charge is -2.12. The summed E-state index contributed by atoms with van der Waals surface area (Å²) in [6.07, 6.45) is 2.66. The zero-order valence-electron chi connectivity index (χ0n) is 18.8. The normalized spacial score (nSPS) is 11.0. The molecule has 0 bridgehead atoms. The highest BCUT2D eigenvalue weighted by atomic mass is 32.2. The molecule has 4 aromatic rings. The Bertz CT molecular complexity index is 1520. The molecule has 4 rings (SSSR count). The number of thiazole rings is 1. The van der Waals surface area contributed by atoms with Crippen LogP contribution in [0.5, 0.6) is 0 Å². The third-order valence-corrected chi connectivity index (χ3v) is 7.31. The molecular weight excluding hydrogens is 472 g/mol. The molecule has 1 amide bonds. The molecule has 0 saturated heterocycles. The first-order valence-electron chi connectivity index (χ1n) is 10.5. The summed E-state index contributed by atoms with van der Waals surface area (Å²) in [5, 5.41) is 2.72. The lowest BCUT2D eigenvalue weighted by atomic mass is 10.1. The average Bonchev–Trinajstić information content (AvgIpc) is 3.27. The van der Waals surface area contributed by atoms with Crippen molar-refractivity contribution in [3.05, 3.63) is 80.5 Å². The van der Waals surface area contributed by atoms with E-state index >= 15 is 0 Å². The SMILES string of the molecule is CCc1ccc(-n2c(=O)c3sc(SC)nc3n(CC(=O)Nc3cccc(C(C)=O)c3)c2=O)cc1. The van der Waals surface area contributed by atoms with E-state index in [-0.39, 0.29) is 18.0 Å². The summed E-state index contributed by atoms with van der Waals surface area (Å²) in [5.41, 5.74) is 1.47. The molecule has 2 heterocycles. The summed E-state index contributed by atoms with van der Waals surface area (Å²) in [7, 11) is 0. The highest BCUT2D eigenvalue weighted by Gasteiger charge is 2.20. The number of amides is 1. The van der Waals surface area contributed by atoms with Crippen LogP contribution in [0.4, 0.5) is 5.69 Å². The van der Waals surface area contributed by atoms with Crippen LogP contribution in [-0.2, 0) is 17.8 Å². The van der Waals surface area contributed by atoms with Crippen molar-refractivity contribution in [3.63, 3.8) is 0 Å². The molecule has 1 N–H and O–H groups in total. The lowest BCUT2D eigenvalue weighted by molar-refractivity contribution is -0.116. The Morgan fingerprint density at radius 1 is 1.12 bits per heavy atom. The molecule has 0 fully saturated rings. The number of anilines is 1. The molecule has 0 aliphatic heterocycles. The number of carbonyl (C=O) groups excluding carboxylic acids is 2. The Balaban J connectivity index is 1.79. The molecule has 10 heteroatoms. The highest BCUT2D eigenvalue weighted by Crippen LogP contribution is 2.25. The van der Waals surface area contributed by atoms with E-state index in [0.717, 1.165) is 16.6 Å². The highest BCUT2D eigenvalue weighted by molar-refractivity contribution is 8.00. The van der Waals surface area contributed by atoms with Crippen LogP contribution in [0.2, 0.25) is 0 Å². The van der Waals surface area contributed by atoms with Crippen LogP contribution in [0.3, 0.4) is 0 Å². The van der Waals surface area contributed by atoms with Crippen molar-refractivity contribution in [3.8, 4) is 5.69 Å². The van der Waals surface area contributed by atoms with Crippen molar-refractivity contribution in [2.45, 2.75) is 31.2 Å². The molecule has 174 valence electrons. The van der Waals surface area contributed by atoms with Gasteiger partial charge in [-0.1, -0.05) is 43.0 Å². The number of fused-ring (bicyclic) bond motifs is 1. The van der Waals surface area contributed by atoms with Gasteiger partial charge < -0.3 is 5.32 Å². The minimum Gasteiger partial charge on any atom is -0.325 e. The Labute approximate surface area is 203 Å². The maximum Gasteiger partial charge on any atom is 0.337 e. The summed E-state index contributed by atoms with van der Waals surface area (Å²) in [6, 6.07) is 13.7. The summed E-state index contributed by atoms with van der Waals surface area (Å²) in [6.45, 7) is 3.12. The number of Topliss-reactive ketones (excluding diaryl/α,β-unsaturated/α-hetero) is 1. The number of hydrogen-bond acceptors (Lipinski definition) is 7. The summed E-state index contributed by atoms with van der Waals surface area (Å²) >= 11 is 2.55. The molecule has 34 heavy (non-hydrogen) atoms. The van der Waals surface area contributed by atoms with Gasteiger partial charge in [0.1, 0.15) is 11.2 Å². The molecule has 0 aliphatic rings. The predicted octanol–water partition coefficient (Wildman–Crippen LogP) is 3.73. The fraction of sp³-hybridized carbons (Fsp3) is 0.208. The first kappa shape index (κ1) is 23.7. The van der Waals surface area contributed by atoms with Crippen molar-refractivity contribution < 1.29 is 9.59 Å². The van der Waals surface area contributed by atoms with Crippen LogP contribution in [0.1, 0.15) is 29.8 Å². The van der Waals surface area contributed by atoms with E-state index in [4.69, 9.17) is 0 Å². The van der Waals surface area contributed by atoms with Crippen molar-refractivity contribution >= 4 is 50.8 Å². The van der Waals surface area contributed by atoms with Crippen LogP contribution in [0, 0.1) is 0 Å². The van der Waals surface area contributed by atoms with Gasteiger partial charge in [-0.05, 0) is 49.4 Å². The smallest absolute Gasteiger partial charge is 0.325 e. The maximum absolute atomic E-state index is 13.4. The van der Waals surface area contributed by atoms with Gasteiger partial charge in [0.15, 0.2) is 15.8 Å². The van der Waals surface area contributed by atoms with E-state index in [1.807, 2.05) is 25.3 Å². The van der Waals surface area contributed by atoms with Crippen LogP contribution < -0.4 is 16.6 Å². The number of aromatic nitrogens is 3. The number of thioether (sulfide) groups is 1. The van der Waals surface area contributed by atoms with Crippen LogP contribution in [0.15, 0.2) is 62.5 Å². The number of nitrogens with zero attached hydrogens (tertiary/aromatic N) is 3. The van der Waals surface area contributed by atoms with Gasteiger partial charge in [-0.15, -0.1) is 11.3 Å². The van der Waals surface area contributed by atoms with Gasteiger partial charge in [0, 0.05) is 11.3 Å². The van der Waals surface area contributed by atoms with Gasteiger partial charge >= 0.3 is 5.69 Å². The molecule has 0 spiro atoms. The molecule has 0 saturated carbocycles. The zero-order valence-corrected chi connectivity index (χ0v) is 20.5. The van der Waals surface area contributed by atoms with E-state index in [1.165, 1.54) is 34.6 Å². The molecule has 8 nitrogen and oxygen atoms in total. The van der Waals surface area contributed by atoms with Crippen LogP contribution in [0.25, 0.3) is 16.0 Å². The van der Waals surface area contributed by atoms with Gasteiger partial charge in [-0.3, -0.25) is 19.0 Å². The first-order valence-corrected chi connectivity index (χ1v) is 12.6. The zero-order chi connectivity index (χ0) is 24.4. The van der Waals surface area contributed by atoms with E-state index in [2.05, 4.69) is 10.3 Å². The molecule has 0 radical (unpaired) electrons. The molecule has 2 aromatic heterocycles. The van der Waals surface area contributed by atoms with E-state index < -0.39 is 17.2 Å². The third kappa shape index (κ3) is 4.59. The predicted molar refractivity (Wildman–Crippen MR) is 136 cm³/mol. The van der Waals surface area contributed by atoms with E-state index in [0.29, 0.717) is 26.0 Å². The van der Waals surface area contributed by atoms with Crippen molar-refractivity contribution in [1.29, 1.82) is 0 Å². The van der Waals surface area contributed by atoms with Gasteiger partial charge in [-0.2, -0.15) is 0 Å². The molecule has 2 aromatic carbocycles. The standard InChI is InChI=1S/C24H22N4O4S2/c1-4-15-8-10-18(11-9-15)28-22(31)20-21(26-23(33-3)34-20)27(24(28)32)13-19(30)25-17-7-5-6-16(12-17)14(2)29/h5-12H,4,13H2,1-3H3,(H,25,30). The summed E-state index contributed by atoms with van der Waals surface area (Å²) < 4.78 is 3.21. The monoisotopic (exact) mass is 494 g/mol. The second-order valence-electron chi connectivity index (χ2n) is 7.55. The Morgan fingerprint density at radius 2 is 1.85 bits per heavy atom. The number of rotatable bonds is 7.